The second kappa shape index (κ2) is 7.81. The highest BCUT2D eigenvalue weighted by Crippen LogP contribution is 2.17. The van der Waals surface area contributed by atoms with E-state index in [1.54, 1.807) is 6.07 Å². The van der Waals surface area contributed by atoms with Gasteiger partial charge in [-0.1, -0.05) is 24.6 Å². The van der Waals surface area contributed by atoms with Crippen molar-refractivity contribution in [2.75, 3.05) is 26.2 Å². The molecule has 0 saturated carbocycles. The molecule has 0 unspecified atom stereocenters. The van der Waals surface area contributed by atoms with E-state index in [1.165, 1.54) is 25.9 Å². The second-order valence-corrected chi connectivity index (χ2v) is 6.52. The zero-order chi connectivity index (χ0) is 15.2. The number of hydrogen-bond donors (Lipinski definition) is 1. The van der Waals surface area contributed by atoms with Crippen LogP contribution in [0.3, 0.4) is 0 Å². The Labute approximate surface area is 132 Å². The van der Waals surface area contributed by atoms with Gasteiger partial charge in [0.25, 0.3) is 5.91 Å². The van der Waals surface area contributed by atoms with Crippen molar-refractivity contribution in [3.05, 3.63) is 34.3 Å². The summed E-state index contributed by atoms with van der Waals surface area (Å²) in [5.74, 6) is 0.789. The molecule has 1 aliphatic rings. The molecular weight excluding hydrogens is 284 g/mol. The molecule has 21 heavy (non-hydrogen) atoms. The van der Waals surface area contributed by atoms with Gasteiger partial charge in [-0.05, 0) is 69.4 Å². The van der Waals surface area contributed by atoms with Crippen LogP contribution in [0.5, 0.6) is 0 Å². The summed E-state index contributed by atoms with van der Waals surface area (Å²) in [6.45, 7) is 8.44. The molecule has 0 bridgehead atoms. The Bertz CT molecular complexity index is 482. The van der Waals surface area contributed by atoms with Crippen LogP contribution in [0.4, 0.5) is 0 Å². The summed E-state index contributed by atoms with van der Waals surface area (Å²) in [6, 6.07) is 5.53. The topological polar surface area (TPSA) is 32.3 Å². The maximum absolute atomic E-state index is 12.1. The van der Waals surface area contributed by atoms with Crippen molar-refractivity contribution in [1.82, 2.24) is 10.2 Å². The standard InChI is InChI=1S/C17H25ClN2O/c1-13-6-10-20(11-7-13)9-3-8-19-17(21)15-5-4-14(2)12-16(15)18/h4-5,12-13H,3,6-11H2,1-2H3,(H,19,21). The normalized spacial score (nSPS) is 16.9. The van der Waals surface area contributed by atoms with Gasteiger partial charge in [0.1, 0.15) is 0 Å². The Morgan fingerprint density at radius 1 is 1.38 bits per heavy atom. The van der Waals surface area contributed by atoms with Crippen LogP contribution < -0.4 is 5.32 Å². The van der Waals surface area contributed by atoms with Crippen molar-refractivity contribution in [3.63, 3.8) is 0 Å². The summed E-state index contributed by atoms with van der Waals surface area (Å²) >= 11 is 6.10. The van der Waals surface area contributed by atoms with Crippen LogP contribution in [0, 0.1) is 12.8 Å². The predicted octanol–water partition coefficient (Wildman–Crippen LogP) is 3.50. The van der Waals surface area contributed by atoms with Crippen LogP contribution in [-0.4, -0.2) is 37.0 Å². The second-order valence-electron chi connectivity index (χ2n) is 6.12. The SMILES string of the molecule is Cc1ccc(C(=O)NCCCN2CCC(C)CC2)c(Cl)c1. The lowest BCUT2D eigenvalue weighted by Crippen LogP contribution is -2.35. The maximum atomic E-state index is 12.1. The number of benzene rings is 1. The molecule has 0 aliphatic carbocycles. The number of nitrogens with one attached hydrogen (secondary N) is 1. The molecule has 2 rings (SSSR count). The van der Waals surface area contributed by atoms with E-state index in [2.05, 4.69) is 17.1 Å². The molecule has 1 aromatic carbocycles. The number of amides is 1. The fourth-order valence-corrected chi connectivity index (χ4v) is 3.01. The van der Waals surface area contributed by atoms with Crippen LogP contribution in [0.1, 0.15) is 42.1 Å². The minimum absolute atomic E-state index is 0.0766. The fraction of sp³-hybridized carbons (Fsp3) is 0.588. The molecule has 116 valence electrons. The van der Waals surface area contributed by atoms with Crippen LogP contribution in [-0.2, 0) is 0 Å². The van der Waals surface area contributed by atoms with Gasteiger partial charge >= 0.3 is 0 Å². The van der Waals surface area contributed by atoms with Crippen molar-refractivity contribution in [3.8, 4) is 0 Å². The molecule has 1 heterocycles. The molecule has 1 aliphatic heterocycles. The average molecular weight is 309 g/mol. The number of nitrogens with zero attached hydrogens (tertiary/aromatic N) is 1. The number of rotatable bonds is 5. The van der Waals surface area contributed by atoms with Crippen LogP contribution in [0.15, 0.2) is 18.2 Å². The quantitative estimate of drug-likeness (QED) is 0.844. The van der Waals surface area contributed by atoms with Gasteiger partial charge in [0.2, 0.25) is 0 Å². The number of halogens is 1. The van der Waals surface area contributed by atoms with Gasteiger partial charge in [0.05, 0.1) is 10.6 Å². The number of carbonyl (C=O) groups is 1. The summed E-state index contributed by atoms with van der Waals surface area (Å²) in [5.41, 5.74) is 1.63. The molecule has 0 atom stereocenters. The van der Waals surface area contributed by atoms with Crippen molar-refractivity contribution in [2.24, 2.45) is 5.92 Å². The highest BCUT2D eigenvalue weighted by molar-refractivity contribution is 6.33. The summed E-state index contributed by atoms with van der Waals surface area (Å²) in [5, 5.41) is 3.48. The molecule has 3 nitrogen and oxygen atoms in total. The van der Waals surface area contributed by atoms with Crippen molar-refractivity contribution < 1.29 is 4.79 Å². The van der Waals surface area contributed by atoms with E-state index < -0.39 is 0 Å². The van der Waals surface area contributed by atoms with Gasteiger partial charge in [-0.3, -0.25) is 4.79 Å². The van der Waals surface area contributed by atoms with Crippen LogP contribution in [0.2, 0.25) is 5.02 Å². The van der Waals surface area contributed by atoms with E-state index >= 15 is 0 Å². The molecule has 0 aromatic heterocycles. The number of aryl methyl sites for hydroxylation is 1. The van der Waals surface area contributed by atoms with Crippen LogP contribution in [0.25, 0.3) is 0 Å². The maximum Gasteiger partial charge on any atom is 0.252 e. The first-order valence-corrected chi connectivity index (χ1v) is 8.21. The van der Waals surface area contributed by atoms with Gasteiger partial charge in [-0.25, -0.2) is 0 Å². The van der Waals surface area contributed by atoms with Gasteiger partial charge in [-0.15, -0.1) is 0 Å². The van der Waals surface area contributed by atoms with Gasteiger partial charge in [0.15, 0.2) is 0 Å². The summed E-state index contributed by atoms with van der Waals surface area (Å²) in [6.07, 6.45) is 3.58. The third-order valence-electron chi connectivity index (χ3n) is 4.18. The number of carbonyl (C=O) groups excluding carboxylic acids is 1. The number of piperidine rings is 1. The lowest BCUT2D eigenvalue weighted by molar-refractivity contribution is 0.0950. The molecule has 1 saturated heterocycles. The number of hydrogen-bond acceptors (Lipinski definition) is 2. The molecule has 1 fully saturated rings. The predicted molar refractivity (Wildman–Crippen MR) is 88.0 cm³/mol. The largest absolute Gasteiger partial charge is 0.352 e. The third-order valence-corrected chi connectivity index (χ3v) is 4.49. The first-order valence-electron chi connectivity index (χ1n) is 7.83. The van der Waals surface area contributed by atoms with E-state index in [1.807, 2.05) is 19.1 Å². The van der Waals surface area contributed by atoms with E-state index in [0.717, 1.165) is 24.4 Å². The van der Waals surface area contributed by atoms with Gasteiger partial charge < -0.3 is 10.2 Å². The first-order chi connectivity index (χ1) is 10.1. The van der Waals surface area contributed by atoms with Crippen LogP contribution >= 0.6 is 11.6 Å². The Balaban J connectivity index is 1.69. The minimum atomic E-state index is -0.0766. The van der Waals surface area contributed by atoms with E-state index in [-0.39, 0.29) is 5.91 Å². The van der Waals surface area contributed by atoms with Gasteiger partial charge in [-0.2, -0.15) is 0 Å². The summed E-state index contributed by atoms with van der Waals surface area (Å²) in [4.78, 5) is 14.6. The van der Waals surface area contributed by atoms with Crippen molar-refractivity contribution in [1.29, 1.82) is 0 Å². The molecule has 4 heteroatoms. The summed E-state index contributed by atoms with van der Waals surface area (Å²) in [7, 11) is 0. The highest BCUT2D eigenvalue weighted by Gasteiger charge is 2.15. The zero-order valence-corrected chi connectivity index (χ0v) is 13.7. The molecule has 1 N–H and O–H groups in total. The van der Waals surface area contributed by atoms with E-state index in [4.69, 9.17) is 11.6 Å². The Kier molecular flexibility index (Phi) is 6.07. The Hall–Kier alpha value is -1.06. The number of likely N-dealkylation sites (tertiary alicyclic amines) is 1. The molecule has 1 amide bonds. The Morgan fingerprint density at radius 2 is 2.10 bits per heavy atom. The molecule has 0 radical (unpaired) electrons. The molecular formula is C17H25ClN2O. The zero-order valence-electron chi connectivity index (χ0n) is 13.0. The van der Waals surface area contributed by atoms with E-state index in [0.29, 0.717) is 17.1 Å². The van der Waals surface area contributed by atoms with Crippen molar-refractivity contribution >= 4 is 17.5 Å². The fourth-order valence-electron chi connectivity index (χ4n) is 2.69. The average Bonchev–Trinajstić information content (AvgIpc) is 2.45. The molecule has 1 aromatic rings. The van der Waals surface area contributed by atoms with Crippen molar-refractivity contribution in [2.45, 2.75) is 33.1 Å². The van der Waals surface area contributed by atoms with E-state index in [9.17, 15) is 4.79 Å². The third kappa shape index (κ3) is 5.01. The minimum Gasteiger partial charge on any atom is -0.352 e. The monoisotopic (exact) mass is 308 g/mol. The lowest BCUT2D eigenvalue weighted by atomic mass is 9.99. The smallest absolute Gasteiger partial charge is 0.252 e. The molecule has 0 spiro atoms. The lowest BCUT2D eigenvalue weighted by Gasteiger charge is -2.30. The van der Waals surface area contributed by atoms with Gasteiger partial charge in [0, 0.05) is 6.54 Å². The summed E-state index contributed by atoms with van der Waals surface area (Å²) < 4.78 is 0. The first kappa shape index (κ1) is 16.3. The Morgan fingerprint density at radius 3 is 2.76 bits per heavy atom. The highest BCUT2D eigenvalue weighted by atomic mass is 35.5.